The van der Waals surface area contributed by atoms with Gasteiger partial charge in [-0.3, -0.25) is 9.59 Å². The van der Waals surface area contributed by atoms with Crippen LogP contribution in [0.3, 0.4) is 0 Å². The lowest BCUT2D eigenvalue weighted by Crippen LogP contribution is -2.26. The second-order valence-corrected chi connectivity index (χ2v) is 10.4. The van der Waals surface area contributed by atoms with Gasteiger partial charge < -0.3 is 14.0 Å². The average molecular weight is 565 g/mol. The van der Waals surface area contributed by atoms with Crippen LogP contribution in [0.1, 0.15) is 31.8 Å². The van der Waals surface area contributed by atoms with Gasteiger partial charge in [-0.1, -0.05) is 48.0 Å². The fourth-order valence-electron chi connectivity index (χ4n) is 3.65. The van der Waals surface area contributed by atoms with Crippen molar-refractivity contribution in [3.8, 4) is 11.5 Å². The zero-order valence-corrected chi connectivity index (χ0v) is 20.6. The summed E-state index contributed by atoms with van der Waals surface area (Å²) >= 11 is 6.06. The highest BCUT2D eigenvalue weighted by atomic mass is 35.5. The van der Waals surface area contributed by atoms with E-state index >= 15 is 0 Å². The molecule has 1 unspecified atom stereocenters. The molecule has 1 atom stereocenters. The van der Waals surface area contributed by atoms with E-state index in [0.29, 0.717) is 6.07 Å². The SMILES string of the molecule is COc1ccc(Cl)c(OC)c1C(=O)P(=O)(C(=O)c1c(C(F)(F)F)cccc1C(F)(F)F)c1ccccc1. The first-order valence-corrected chi connectivity index (χ1v) is 12.2. The minimum Gasteiger partial charge on any atom is -0.496 e. The number of ether oxygens (including phenoxy) is 2. The van der Waals surface area contributed by atoms with E-state index in [0.717, 1.165) is 32.4 Å². The maximum absolute atomic E-state index is 14.4. The number of hydrogen-bond acceptors (Lipinski definition) is 5. The number of carbonyl (C=O) groups excluding carboxylic acids is 2. The first kappa shape index (κ1) is 28.3. The van der Waals surface area contributed by atoms with Gasteiger partial charge in [-0.25, -0.2) is 0 Å². The summed E-state index contributed by atoms with van der Waals surface area (Å²) in [6.45, 7) is 0. The Morgan fingerprint density at radius 1 is 0.730 bits per heavy atom. The molecule has 0 aliphatic rings. The van der Waals surface area contributed by atoms with E-state index in [2.05, 4.69) is 0 Å². The Bertz CT molecular complexity index is 1370. The molecule has 196 valence electrons. The molecule has 0 spiro atoms. The third-order valence-corrected chi connectivity index (χ3v) is 8.20. The number of hydrogen-bond donors (Lipinski definition) is 0. The van der Waals surface area contributed by atoms with Gasteiger partial charge in [0, 0.05) is 5.30 Å². The summed E-state index contributed by atoms with van der Waals surface area (Å²) < 4.78 is 108. The van der Waals surface area contributed by atoms with Gasteiger partial charge >= 0.3 is 12.4 Å². The molecule has 3 rings (SSSR count). The minimum atomic E-state index is -5.49. The lowest BCUT2D eigenvalue weighted by molar-refractivity contribution is -0.143. The molecule has 0 fully saturated rings. The summed E-state index contributed by atoms with van der Waals surface area (Å²) in [5.41, 5.74) is -10.4. The van der Waals surface area contributed by atoms with Gasteiger partial charge in [0.2, 0.25) is 18.2 Å². The van der Waals surface area contributed by atoms with Crippen molar-refractivity contribution >= 4 is 35.1 Å². The summed E-state index contributed by atoms with van der Waals surface area (Å²) in [6, 6.07) is 9.10. The summed E-state index contributed by atoms with van der Waals surface area (Å²) in [6.07, 6.45) is -10.9. The molecule has 0 amide bonds. The van der Waals surface area contributed by atoms with Gasteiger partial charge in [-0.15, -0.1) is 0 Å². The van der Waals surface area contributed by atoms with E-state index < -0.39 is 63.9 Å². The standard InChI is InChI=1S/C24H16ClF6O5P/c1-35-17-12-11-16(25)20(36-2)19(17)22(33)37(34,13-7-4-3-5-8-13)21(32)18-14(23(26,27)28)9-6-10-15(18)24(29,30)31/h3-12H,1-2H3. The molecule has 3 aromatic carbocycles. The van der Waals surface area contributed by atoms with Gasteiger partial charge in [0.15, 0.2) is 5.75 Å². The van der Waals surface area contributed by atoms with Crippen molar-refractivity contribution in [2.24, 2.45) is 0 Å². The topological polar surface area (TPSA) is 69.7 Å². The van der Waals surface area contributed by atoms with Crippen LogP contribution in [0.2, 0.25) is 5.02 Å². The molecule has 0 N–H and O–H groups in total. The van der Waals surface area contributed by atoms with Crippen LogP contribution in [0.25, 0.3) is 0 Å². The van der Waals surface area contributed by atoms with Gasteiger partial charge in [0.25, 0.3) is 0 Å². The third-order valence-electron chi connectivity index (χ3n) is 5.29. The highest BCUT2D eigenvalue weighted by Crippen LogP contribution is 2.56. The minimum absolute atomic E-state index is 0.217. The van der Waals surface area contributed by atoms with Crippen LogP contribution in [0.5, 0.6) is 11.5 Å². The predicted octanol–water partition coefficient (Wildman–Crippen LogP) is 7.06. The van der Waals surface area contributed by atoms with Gasteiger partial charge in [-0.2, -0.15) is 26.3 Å². The number of alkyl halides is 6. The quantitative estimate of drug-likeness (QED) is 0.227. The van der Waals surface area contributed by atoms with Crippen LogP contribution < -0.4 is 14.8 Å². The first-order chi connectivity index (χ1) is 17.2. The maximum Gasteiger partial charge on any atom is 0.417 e. The van der Waals surface area contributed by atoms with Gasteiger partial charge in [0.1, 0.15) is 11.3 Å². The van der Waals surface area contributed by atoms with Crippen LogP contribution >= 0.6 is 18.7 Å². The lowest BCUT2D eigenvalue weighted by atomic mass is 10.0. The van der Waals surface area contributed by atoms with Crippen molar-refractivity contribution in [3.05, 3.63) is 87.9 Å². The van der Waals surface area contributed by atoms with Crippen molar-refractivity contribution in [1.29, 1.82) is 0 Å². The van der Waals surface area contributed by atoms with E-state index in [4.69, 9.17) is 21.1 Å². The summed E-state index contributed by atoms with van der Waals surface area (Å²) in [5.74, 6) is -0.759. The molecule has 0 heterocycles. The second-order valence-electron chi connectivity index (χ2n) is 7.44. The van der Waals surface area contributed by atoms with E-state index in [9.17, 15) is 40.5 Å². The zero-order chi connectivity index (χ0) is 27.8. The average Bonchev–Trinajstić information content (AvgIpc) is 2.86. The number of benzene rings is 3. The molecule has 0 aliphatic carbocycles. The second kappa shape index (κ2) is 10.2. The fourth-order valence-corrected chi connectivity index (χ4v) is 6.21. The predicted molar refractivity (Wildman–Crippen MR) is 123 cm³/mol. The largest absolute Gasteiger partial charge is 0.496 e. The molecule has 0 saturated carbocycles. The van der Waals surface area contributed by atoms with Crippen molar-refractivity contribution in [2.75, 3.05) is 14.2 Å². The van der Waals surface area contributed by atoms with Crippen molar-refractivity contribution in [1.82, 2.24) is 0 Å². The first-order valence-electron chi connectivity index (χ1n) is 10.1. The molecule has 0 bridgehead atoms. The Labute approximate surface area is 211 Å². The van der Waals surface area contributed by atoms with E-state index in [1.165, 1.54) is 24.3 Å². The van der Waals surface area contributed by atoms with E-state index in [1.807, 2.05) is 0 Å². The van der Waals surface area contributed by atoms with Crippen molar-refractivity contribution in [2.45, 2.75) is 12.4 Å². The molecule has 13 heteroatoms. The Morgan fingerprint density at radius 3 is 1.70 bits per heavy atom. The number of carbonyl (C=O) groups is 2. The maximum atomic E-state index is 14.4. The molecular weight excluding hydrogens is 549 g/mol. The number of halogens is 7. The van der Waals surface area contributed by atoms with Crippen molar-refractivity contribution < 1.29 is 50.0 Å². The normalized spacial score (nSPS) is 13.5. The molecule has 0 saturated heterocycles. The monoisotopic (exact) mass is 564 g/mol. The summed E-state index contributed by atoms with van der Waals surface area (Å²) in [7, 11) is -3.33. The molecule has 0 aliphatic heterocycles. The fraction of sp³-hybridized carbons (Fsp3) is 0.167. The van der Waals surface area contributed by atoms with Crippen molar-refractivity contribution in [3.63, 3.8) is 0 Å². The van der Waals surface area contributed by atoms with Crippen LogP contribution in [0.15, 0.2) is 60.7 Å². The Kier molecular flexibility index (Phi) is 7.81. The Hall–Kier alpha value is -3.30. The van der Waals surface area contributed by atoms with E-state index in [1.54, 1.807) is 0 Å². The summed E-state index contributed by atoms with van der Waals surface area (Å²) in [5, 5.41) is -0.815. The Balaban J connectivity index is 2.47. The lowest BCUT2D eigenvalue weighted by Gasteiger charge is -2.23. The van der Waals surface area contributed by atoms with Crippen LogP contribution in [-0.2, 0) is 16.9 Å². The zero-order valence-electron chi connectivity index (χ0n) is 18.9. The molecule has 3 aromatic rings. The third kappa shape index (κ3) is 5.10. The van der Waals surface area contributed by atoms with E-state index in [-0.39, 0.29) is 22.9 Å². The van der Waals surface area contributed by atoms with Crippen LogP contribution in [0.4, 0.5) is 26.3 Å². The number of methoxy groups -OCH3 is 2. The molecular formula is C24H16ClF6O5P. The highest BCUT2D eigenvalue weighted by molar-refractivity contribution is 8.01. The summed E-state index contributed by atoms with van der Waals surface area (Å²) in [4.78, 5) is 27.6. The van der Waals surface area contributed by atoms with Gasteiger partial charge in [0.05, 0.1) is 35.9 Å². The molecule has 5 nitrogen and oxygen atoms in total. The smallest absolute Gasteiger partial charge is 0.417 e. The molecule has 0 aromatic heterocycles. The molecule has 37 heavy (non-hydrogen) atoms. The Morgan fingerprint density at radius 2 is 1.24 bits per heavy atom. The van der Waals surface area contributed by atoms with Crippen LogP contribution in [-0.4, -0.2) is 25.3 Å². The number of rotatable bonds is 7. The van der Waals surface area contributed by atoms with Crippen LogP contribution in [0, 0.1) is 0 Å². The molecule has 0 radical (unpaired) electrons. The van der Waals surface area contributed by atoms with Gasteiger partial charge in [-0.05, 0) is 24.3 Å². The highest BCUT2D eigenvalue weighted by Gasteiger charge is 2.51.